The lowest BCUT2D eigenvalue weighted by Gasteiger charge is -2.27. The van der Waals surface area contributed by atoms with Gasteiger partial charge in [0.25, 0.3) is 0 Å². The van der Waals surface area contributed by atoms with Gasteiger partial charge in [0, 0.05) is 11.7 Å². The molecule has 1 aliphatic rings. The SMILES string of the molecule is CC(C)Cc1cc(C(=O)O)cc(NC2CCC2)n1. The van der Waals surface area contributed by atoms with E-state index in [1.165, 1.54) is 6.42 Å². The standard InChI is InChI=1S/C14H20N2O2/c1-9(2)6-12-7-10(14(17)18)8-13(16-12)15-11-4-3-5-11/h7-9,11H,3-6H2,1-2H3,(H,15,16)(H,17,18). The van der Waals surface area contributed by atoms with E-state index in [0.717, 1.165) is 25.0 Å². The van der Waals surface area contributed by atoms with Gasteiger partial charge in [-0.25, -0.2) is 9.78 Å². The Kier molecular flexibility index (Phi) is 3.84. The van der Waals surface area contributed by atoms with Gasteiger partial charge in [-0.05, 0) is 43.7 Å². The van der Waals surface area contributed by atoms with Crippen molar-refractivity contribution in [3.63, 3.8) is 0 Å². The lowest BCUT2D eigenvalue weighted by atomic mass is 9.93. The molecule has 4 nitrogen and oxygen atoms in total. The van der Waals surface area contributed by atoms with Crippen LogP contribution in [0.25, 0.3) is 0 Å². The fraction of sp³-hybridized carbons (Fsp3) is 0.571. The van der Waals surface area contributed by atoms with Crippen molar-refractivity contribution in [3.8, 4) is 0 Å². The number of nitrogens with one attached hydrogen (secondary N) is 1. The highest BCUT2D eigenvalue weighted by Gasteiger charge is 2.18. The van der Waals surface area contributed by atoms with E-state index in [0.29, 0.717) is 23.3 Å². The maximum atomic E-state index is 11.1. The van der Waals surface area contributed by atoms with Gasteiger partial charge in [0.1, 0.15) is 5.82 Å². The molecule has 0 atom stereocenters. The van der Waals surface area contributed by atoms with E-state index < -0.39 is 5.97 Å². The summed E-state index contributed by atoms with van der Waals surface area (Å²) >= 11 is 0. The topological polar surface area (TPSA) is 62.2 Å². The van der Waals surface area contributed by atoms with Crippen LogP contribution in [0.5, 0.6) is 0 Å². The minimum Gasteiger partial charge on any atom is -0.478 e. The normalized spacial score (nSPS) is 15.5. The first-order valence-electron chi connectivity index (χ1n) is 6.55. The summed E-state index contributed by atoms with van der Waals surface area (Å²) in [6.45, 7) is 4.21. The van der Waals surface area contributed by atoms with Crippen molar-refractivity contribution in [2.24, 2.45) is 5.92 Å². The van der Waals surface area contributed by atoms with Gasteiger partial charge in [0.2, 0.25) is 0 Å². The highest BCUT2D eigenvalue weighted by Crippen LogP contribution is 2.23. The van der Waals surface area contributed by atoms with Gasteiger partial charge in [-0.2, -0.15) is 0 Å². The van der Waals surface area contributed by atoms with E-state index in [-0.39, 0.29) is 0 Å². The zero-order chi connectivity index (χ0) is 13.1. The summed E-state index contributed by atoms with van der Waals surface area (Å²) < 4.78 is 0. The number of carbonyl (C=O) groups is 1. The van der Waals surface area contributed by atoms with Crippen LogP contribution >= 0.6 is 0 Å². The number of aromatic nitrogens is 1. The highest BCUT2D eigenvalue weighted by atomic mass is 16.4. The molecule has 2 N–H and O–H groups in total. The molecule has 1 aromatic rings. The largest absolute Gasteiger partial charge is 0.478 e. The maximum Gasteiger partial charge on any atom is 0.335 e. The lowest BCUT2D eigenvalue weighted by molar-refractivity contribution is 0.0696. The number of aromatic carboxylic acids is 1. The molecule has 0 aromatic carbocycles. The van der Waals surface area contributed by atoms with E-state index in [4.69, 9.17) is 5.11 Å². The fourth-order valence-electron chi connectivity index (χ4n) is 2.07. The third-order valence-electron chi connectivity index (χ3n) is 3.20. The number of anilines is 1. The average molecular weight is 248 g/mol. The Morgan fingerprint density at radius 3 is 2.72 bits per heavy atom. The molecule has 0 saturated heterocycles. The molecule has 1 aromatic heterocycles. The second kappa shape index (κ2) is 5.38. The summed E-state index contributed by atoms with van der Waals surface area (Å²) in [5, 5.41) is 12.4. The number of hydrogen-bond acceptors (Lipinski definition) is 3. The molecule has 1 aliphatic carbocycles. The van der Waals surface area contributed by atoms with Crippen LogP contribution in [0.4, 0.5) is 5.82 Å². The molecule has 98 valence electrons. The van der Waals surface area contributed by atoms with Crippen LogP contribution in [-0.4, -0.2) is 22.1 Å². The molecule has 0 bridgehead atoms. The average Bonchev–Trinajstić information content (AvgIpc) is 2.22. The van der Waals surface area contributed by atoms with Crippen LogP contribution in [0.3, 0.4) is 0 Å². The summed E-state index contributed by atoms with van der Waals surface area (Å²) in [5.41, 5.74) is 1.18. The minimum atomic E-state index is -0.890. The quantitative estimate of drug-likeness (QED) is 0.841. The summed E-state index contributed by atoms with van der Waals surface area (Å²) in [7, 11) is 0. The van der Waals surface area contributed by atoms with Crippen molar-refractivity contribution >= 4 is 11.8 Å². The minimum absolute atomic E-state index is 0.322. The van der Waals surface area contributed by atoms with Gasteiger partial charge >= 0.3 is 5.97 Å². The van der Waals surface area contributed by atoms with Crippen molar-refractivity contribution in [2.45, 2.75) is 45.6 Å². The smallest absolute Gasteiger partial charge is 0.335 e. The molecule has 1 heterocycles. The first-order valence-corrected chi connectivity index (χ1v) is 6.55. The van der Waals surface area contributed by atoms with Gasteiger partial charge in [0.15, 0.2) is 0 Å². The number of carboxylic acids is 1. The van der Waals surface area contributed by atoms with E-state index in [1.54, 1.807) is 12.1 Å². The molecule has 0 radical (unpaired) electrons. The lowest BCUT2D eigenvalue weighted by Crippen LogP contribution is -2.27. The Morgan fingerprint density at radius 1 is 1.50 bits per heavy atom. The van der Waals surface area contributed by atoms with Crippen LogP contribution in [0, 0.1) is 5.92 Å². The number of carboxylic acid groups (broad SMARTS) is 1. The summed E-state index contributed by atoms with van der Waals surface area (Å²) in [6, 6.07) is 3.77. The second-order valence-corrected chi connectivity index (χ2v) is 5.41. The van der Waals surface area contributed by atoms with Crippen LogP contribution in [0.2, 0.25) is 0 Å². The van der Waals surface area contributed by atoms with Crippen LogP contribution in [0.1, 0.15) is 49.2 Å². The van der Waals surface area contributed by atoms with Gasteiger partial charge in [-0.1, -0.05) is 13.8 Å². The molecular formula is C14H20N2O2. The zero-order valence-electron chi connectivity index (χ0n) is 10.9. The number of hydrogen-bond donors (Lipinski definition) is 2. The predicted octanol–water partition coefficient (Wildman–Crippen LogP) is 2.94. The monoisotopic (exact) mass is 248 g/mol. The van der Waals surface area contributed by atoms with Gasteiger partial charge in [-0.15, -0.1) is 0 Å². The van der Waals surface area contributed by atoms with Crippen molar-refractivity contribution in [3.05, 3.63) is 23.4 Å². The first kappa shape index (κ1) is 12.9. The van der Waals surface area contributed by atoms with Crippen molar-refractivity contribution < 1.29 is 9.90 Å². The fourth-order valence-corrected chi connectivity index (χ4v) is 2.07. The maximum absolute atomic E-state index is 11.1. The molecule has 0 unspecified atom stereocenters. The Balaban J connectivity index is 2.20. The zero-order valence-corrected chi connectivity index (χ0v) is 10.9. The first-order chi connectivity index (χ1) is 8.54. The van der Waals surface area contributed by atoms with E-state index in [2.05, 4.69) is 24.1 Å². The predicted molar refractivity (Wildman–Crippen MR) is 71.0 cm³/mol. The molecule has 2 rings (SSSR count). The highest BCUT2D eigenvalue weighted by molar-refractivity contribution is 5.88. The van der Waals surface area contributed by atoms with Gasteiger partial charge in [-0.3, -0.25) is 0 Å². The molecule has 0 amide bonds. The molecule has 1 saturated carbocycles. The Hall–Kier alpha value is -1.58. The number of pyridine rings is 1. The molecule has 18 heavy (non-hydrogen) atoms. The van der Waals surface area contributed by atoms with Gasteiger partial charge in [0.05, 0.1) is 5.56 Å². The Labute approximate surface area is 107 Å². The third kappa shape index (κ3) is 3.22. The van der Waals surface area contributed by atoms with Gasteiger partial charge < -0.3 is 10.4 Å². The van der Waals surface area contributed by atoms with Crippen molar-refractivity contribution in [1.29, 1.82) is 0 Å². The summed E-state index contributed by atoms with van der Waals surface area (Å²) in [6.07, 6.45) is 4.35. The van der Waals surface area contributed by atoms with Crippen LogP contribution < -0.4 is 5.32 Å². The molecule has 0 aliphatic heterocycles. The Morgan fingerprint density at radius 2 is 2.22 bits per heavy atom. The van der Waals surface area contributed by atoms with E-state index >= 15 is 0 Å². The molecule has 1 fully saturated rings. The van der Waals surface area contributed by atoms with Crippen molar-refractivity contribution in [2.75, 3.05) is 5.32 Å². The van der Waals surface area contributed by atoms with E-state index in [1.807, 2.05) is 0 Å². The molecular weight excluding hydrogens is 228 g/mol. The number of nitrogens with zero attached hydrogens (tertiary/aromatic N) is 1. The van der Waals surface area contributed by atoms with Crippen LogP contribution in [-0.2, 0) is 6.42 Å². The summed E-state index contributed by atoms with van der Waals surface area (Å²) in [5.74, 6) is 0.285. The Bertz CT molecular complexity index is 439. The van der Waals surface area contributed by atoms with E-state index in [9.17, 15) is 4.79 Å². The molecule has 4 heteroatoms. The molecule has 0 spiro atoms. The second-order valence-electron chi connectivity index (χ2n) is 5.41. The summed E-state index contributed by atoms with van der Waals surface area (Å²) in [4.78, 5) is 15.6. The van der Waals surface area contributed by atoms with Crippen LogP contribution in [0.15, 0.2) is 12.1 Å². The van der Waals surface area contributed by atoms with Crippen molar-refractivity contribution in [1.82, 2.24) is 4.98 Å². The number of rotatable bonds is 5. The third-order valence-corrected chi connectivity index (χ3v) is 3.20.